The molecule has 0 aromatic carbocycles. The van der Waals surface area contributed by atoms with Crippen LogP contribution < -0.4 is 0 Å². The molecule has 2 N–H and O–H groups in total. The normalized spacial score (nSPS) is 9.67. The van der Waals surface area contributed by atoms with Crippen LogP contribution in [-0.2, 0) is 7.67 Å². The molecule has 0 amide bonds. The standard InChI is InChI=1S/K.H2O4Se/c;1-5(2,3)4/h;(H2,1,2,3,4). The summed E-state index contributed by atoms with van der Waals surface area (Å²) in [6.07, 6.45) is 0. The Morgan fingerprint density at radius 3 is 1.17 bits per heavy atom. The van der Waals surface area contributed by atoms with Crippen LogP contribution in [0.1, 0.15) is 0 Å². The molecule has 0 spiro atoms. The van der Waals surface area contributed by atoms with Crippen LogP contribution in [0.2, 0.25) is 0 Å². The third-order valence-corrected chi connectivity index (χ3v) is 0. The van der Waals surface area contributed by atoms with E-state index in [0.717, 1.165) is 0 Å². The van der Waals surface area contributed by atoms with Crippen LogP contribution in [0.25, 0.3) is 0 Å². The first-order valence-electron chi connectivity index (χ1n) is 0.698. The van der Waals surface area contributed by atoms with E-state index in [2.05, 4.69) is 0 Å². The van der Waals surface area contributed by atoms with Crippen molar-refractivity contribution in [1.82, 2.24) is 0 Å². The largest absolute Gasteiger partial charge is 0 e. The summed E-state index contributed by atoms with van der Waals surface area (Å²) in [5, 5.41) is 0. The van der Waals surface area contributed by atoms with E-state index in [-0.39, 0.29) is 51.4 Å². The molecule has 0 rings (SSSR count). The van der Waals surface area contributed by atoms with Gasteiger partial charge >= 0.3 is 29.4 Å². The monoisotopic (exact) mass is 185 g/mol. The summed E-state index contributed by atoms with van der Waals surface area (Å²) in [6.45, 7) is 0. The summed E-state index contributed by atoms with van der Waals surface area (Å²) in [4.78, 5) is 0. The van der Waals surface area contributed by atoms with E-state index >= 15 is 0 Å². The first kappa shape index (κ1) is 10.6. The average molecular weight is 184 g/mol. The Balaban J connectivity index is 0. The molecule has 0 bridgehead atoms. The smallest absolute Gasteiger partial charge is 0 e. The third kappa shape index (κ3) is 44.2. The minimum Gasteiger partial charge on any atom is 0 e. The fraction of sp³-hybridized carbons (Fsp3) is 0. The summed E-state index contributed by atoms with van der Waals surface area (Å²) < 4.78 is 31.9. The second-order valence-corrected chi connectivity index (χ2v) is 2.33. The molecule has 0 aromatic rings. The molecule has 33 valence electrons. The van der Waals surface area contributed by atoms with Gasteiger partial charge in [-0.05, 0) is 0 Å². The molecule has 0 aliphatic carbocycles. The molecule has 0 saturated heterocycles. The molecule has 0 unspecified atom stereocenters. The molecule has 6 heavy (non-hydrogen) atoms. The summed E-state index contributed by atoms with van der Waals surface area (Å²) in [5.41, 5.74) is 0. The second-order valence-electron chi connectivity index (χ2n) is 0.448. The Hall–Kier alpha value is 1.68. The van der Waals surface area contributed by atoms with Crippen molar-refractivity contribution >= 4 is 64.8 Å². The third-order valence-electron chi connectivity index (χ3n) is 0. The van der Waals surface area contributed by atoms with E-state index in [0.29, 0.717) is 0 Å². The predicted octanol–water partition coefficient (Wildman–Crippen LogP) is -2.11. The van der Waals surface area contributed by atoms with Crippen molar-refractivity contribution in [2.24, 2.45) is 0 Å². The fourth-order valence-corrected chi connectivity index (χ4v) is 0. The molecular weight excluding hydrogens is 182 g/mol. The average Bonchev–Trinajstić information content (AvgIpc) is 0.722. The molecule has 1 radical (unpaired) electrons. The number of hydrogen-bond acceptors (Lipinski definition) is 2. The molecule has 0 heterocycles. The van der Waals surface area contributed by atoms with Crippen molar-refractivity contribution in [2.75, 3.05) is 0 Å². The van der Waals surface area contributed by atoms with Crippen LogP contribution in [0.3, 0.4) is 0 Å². The minimum atomic E-state index is -5.25. The molecular formula is H2KO4Se. The quantitative estimate of drug-likeness (QED) is 0.422. The van der Waals surface area contributed by atoms with Crippen LogP contribution in [0.15, 0.2) is 0 Å². The second kappa shape index (κ2) is 3.65. The Labute approximate surface area is 79.3 Å². The van der Waals surface area contributed by atoms with E-state index in [1.54, 1.807) is 0 Å². The zero-order valence-electron chi connectivity index (χ0n) is 3.12. The van der Waals surface area contributed by atoms with Crippen molar-refractivity contribution < 1.29 is 16.0 Å². The van der Waals surface area contributed by atoms with Crippen LogP contribution in [-0.4, -0.2) is 73.1 Å². The van der Waals surface area contributed by atoms with Gasteiger partial charge in [0.2, 0.25) is 0 Å². The molecule has 0 aliphatic rings. The van der Waals surface area contributed by atoms with Crippen LogP contribution in [0.4, 0.5) is 0 Å². The van der Waals surface area contributed by atoms with Crippen LogP contribution in [0, 0.1) is 0 Å². The first-order chi connectivity index (χ1) is 2.00. The Kier molecular flexibility index (Phi) is 6.46. The molecule has 0 fully saturated rings. The zero-order chi connectivity index (χ0) is 4.50. The summed E-state index contributed by atoms with van der Waals surface area (Å²) in [7, 11) is 0. The van der Waals surface area contributed by atoms with Gasteiger partial charge in [0.05, 0.1) is 0 Å². The van der Waals surface area contributed by atoms with Gasteiger partial charge < -0.3 is 0 Å². The van der Waals surface area contributed by atoms with E-state index in [1.165, 1.54) is 0 Å². The van der Waals surface area contributed by atoms with E-state index in [1.807, 2.05) is 0 Å². The molecule has 4 nitrogen and oxygen atoms in total. The van der Waals surface area contributed by atoms with Crippen LogP contribution in [0.5, 0.6) is 0 Å². The van der Waals surface area contributed by atoms with E-state index < -0.39 is 13.4 Å². The van der Waals surface area contributed by atoms with Gasteiger partial charge in [0.1, 0.15) is 0 Å². The van der Waals surface area contributed by atoms with Crippen molar-refractivity contribution in [1.29, 1.82) is 0 Å². The minimum absolute atomic E-state index is 0. The van der Waals surface area contributed by atoms with Gasteiger partial charge in [0.25, 0.3) is 0 Å². The van der Waals surface area contributed by atoms with Gasteiger partial charge in [-0.1, -0.05) is 0 Å². The molecule has 0 aromatic heterocycles. The van der Waals surface area contributed by atoms with Gasteiger partial charge in [0, 0.05) is 51.4 Å². The topological polar surface area (TPSA) is 74.6 Å². The first-order valence-corrected chi connectivity index (χ1v) is 3.63. The van der Waals surface area contributed by atoms with Crippen molar-refractivity contribution in [2.45, 2.75) is 0 Å². The Morgan fingerprint density at radius 2 is 1.17 bits per heavy atom. The maximum absolute atomic E-state index is 8.82. The zero-order valence-corrected chi connectivity index (χ0v) is 7.96. The van der Waals surface area contributed by atoms with Gasteiger partial charge in [-0.15, -0.1) is 0 Å². The fourth-order valence-electron chi connectivity index (χ4n) is 0. The van der Waals surface area contributed by atoms with Gasteiger partial charge in [-0.25, -0.2) is 0 Å². The van der Waals surface area contributed by atoms with E-state index in [4.69, 9.17) is 16.0 Å². The maximum Gasteiger partial charge on any atom is 0 e. The number of hydrogen-bond donors (Lipinski definition) is 2. The van der Waals surface area contributed by atoms with Crippen LogP contribution >= 0.6 is 0 Å². The van der Waals surface area contributed by atoms with Gasteiger partial charge in [-0.3, -0.25) is 0 Å². The SMILES string of the molecule is O=[Se](=O)(O)O.[K]. The molecule has 0 atom stereocenters. The summed E-state index contributed by atoms with van der Waals surface area (Å²) >= 11 is -5.25. The van der Waals surface area contributed by atoms with Crippen molar-refractivity contribution in [3.05, 3.63) is 0 Å². The maximum atomic E-state index is 8.82. The van der Waals surface area contributed by atoms with Gasteiger partial charge in [-0.2, -0.15) is 0 Å². The Morgan fingerprint density at radius 1 is 1.17 bits per heavy atom. The van der Waals surface area contributed by atoms with E-state index in [9.17, 15) is 0 Å². The van der Waals surface area contributed by atoms with Crippen molar-refractivity contribution in [3.63, 3.8) is 0 Å². The molecule has 0 aliphatic heterocycles. The predicted molar refractivity (Wildman–Crippen MR) is 17.3 cm³/mol. The molecule has 6 heteroatoms. The Bertz CT molecular complexity index is 90.7. The van der Waals surface area contributed by atoms with Crippen molar-refractivity contribution in [3.8, 4) is 0 Å². The number of rotatable bonds is 0. The summed E-state index contributed by atoms with van der Waals surface area (Å²) in [6, 6.07) is 0. The van der Waals surface area contributed by atoms with Gasteiger partial charge in [0.15, 0.2) is 0 Å². The summed E-state index contributed by atoms with van der Waals surface area (Å²) in [5.74, 6) is 0. The molecule has 0 saturated carbocycles.